The molecular formula is C12H14OS. The van der Waals surface area contributed by atoms with Crippen molar-refractivity contribution >= 4 is 10.8 Å². The molecule has 1 nitrogen and oxygen atoms in total. The molecule has 0 fully saturated rings. The molecule has 0 N–H and O–H groups in total. The van der Waals surface area contributed by atoms with Crippen LogP contribution in [0.25, 0.3) is 0 Å². The third kappa shape index (κ3) is 3.01. The summed E-state index contributed by atoms with van der Waals surface area (Å²) in [5.41, 5.74) is 0.891. The van der Waals surface area contributed by atoms with Gasteiger partial charge in [0.25, 0.3) is 0 Å². The van der Waals surface area contributed by atoms with E-state index in [0.29, 0.717) is 0 Å². The molecular weight excluding hydrogens is 192 g/mol. The Morgan fingerprint density at radius 1 is 1.36 bits per heavy atom. The monoisotopic (exact) mass is 206 g/mol. The van der Waals surface area contributed by atoms with Crippen LogP contribution in [-0.4, -0.2) is 10.5 Å². The van der Waals surface area contributed by atoms with Gasteiger partial charge in [-0.1, -0.05) is 30.9 Å². The Labute approximate surface area is 88.0 Å². The largest absolute Gasteiger partial charge is 0.255 e. The zero-order valence-electron chi connectivity index (χ0n) is 8.54. The Kier molecular flexibility index (Phi) is 4.42. The van der Waals surface area contributed by atoms with Crippen LogP contribution in [0.1, 0.15) is 25.3 Å². The van der Waals surface area contributed by atoms with Gasteiger partial charge in [0.15, 0.2) is 0 Å². The maximum atomic E-state index is 11.3. The van der Waals surface area contributed by atoms with Crippen LogP contribution in [0.2, 0.25) is 0 Å². The van der Waals surface area contributed by atoms with Gasteiger partial charge in [-0.2, -0.15) is 0 Å². The van der Waals surface area contributed by atoms with Gasteiger partial charge in [0.2, 0.25) is 0 Å². The highest BCUT2D eigenvalue weighted by molar-refractivity contribution is 7.84. The second-order valence-electron chi connectivity index (χ2n) is 3.00. The minimum Gasteiger partial charge on any atom is -0.255 e. The lowest BCUT2D eigenvalue weighted by atomic mass is 10.2. The number of hydrogen-bond acceptors (Lipinski definition) is 1. The van der Waals surface area contributed by atoms with Crippen molar-refractivity contribution in [1.82, 2.24) is 0 Å². The Hall–Kier alpha value is -1.07. The highest BCUT2D eigenvalue weighted by Crippen LogP contribution is 2.10. The maximum Gasteiger partial charge on any atom is 0.0541 e. The molecule has 0 aromatic heterocycles. The summed E-state index contributed by atoms with van der Waals surface area (Å²) in [4.78, 5) is 0.830. The fourth-order valence-electron chi connectivity index (χ4n) is 1.10. The lowest BCUT2D eigenvalue weighted by Gasteiger charge is -1.98. The first-order chi connectivity index (χ1) is 6.75. The minimum absolute atomic E-state index is 0.830. The second-order valence-corrected chi connectivity index (χ2v) is 4.35. The fourth-order valence-corrected chi connectivity index (χ4v) is 1.80. The fraction of sp³-hybridized carbons (Fsp3) is 0.333. The van der Waals surface area contributed by atoms with Gasteiger partial charge in [-0.15, -0.1) is 0 Å². The zero-order chi connectivity index (χ0) is 10.4. The molecule has 0 bridgehead atoms. The highest BCUT2D eigenvalue weighted by atomic mass is 32.2. The summed E-state index contributed by atoms with van der Waals surface area (Å²) in [6.45, 7) is 2.10. The molecule has 0 radical (unpaired) electrons. The van der Waals surface area contributed by atoms with E-state index < -0.39 is 10.8 Å². The van der Waals surface area contributed by atoms with E-state index in [-0.39, 0.29) is 0 Å². The molecule has 1 rings (SSSR count). The van der Waals surface area contributed by atoms with Gasteiger partial charge in [0.1, 0.15) is 0 Å². The maximum absolute atomic E-state index is 11.3. The van der Waals surface area contributed by atoms with Crippen LogP contribution in [0.15, 0.2) is 29.2 Å². The van der Waals surface area contributed by atoms with Crippen LogP contribution in [0.4, 0.5) is 0 Å². The molecule has 0 aliphatic carbocycles. The van der Waals surface area contributed by atoms with Crippen molar-refractivity contribution in [2.75, 3.05) is 6.26 Å². The van der Waals surface area contributed by atoms with Crippen LogP contribution in [0.3, 0.4) is 0 Å². The smallest absolute Gasteiger partial charge is 0.0541 e. The molecule has 0 saturated heterocycles. The van der Waals surface area contributed by atoms with Gasteiger partial charge in [0, 0.05) is 18.2 Å². The molecule has 0 spiro atoms. The van der Waals surface area contributed by atoms with Gasteiger partial charge in [-0.3, -0.25) is 4.21 Å². The molecule has 0 heterocycles. The van der Waals surface area contributed by atoms with Crippen molar-refractivity contribution in [3.8, 4) is 11.8 Å². The summed E-state index contributed by atoms with van der Waals surface area (Å²) in [6.07, 6.45) is 3.63. The quantitative estimate of drug-likeness (QED) is 0.680. The SMILES string of the molecule is CCCC#Cc1ccccc1S(C)=O. The highest BCUT2D eigenvalue weighted by Gasteiger charge is 2.01. The molecule has 0 aliphatic heterocycles. The summed E-state index contributed by atoms with van der Waals surface area (Å²) < 4.78 is 11.3. The van der Waals surface area contributed by atoms with Crippen molar-refractivity contribution in [1.29, 1.82) is 0 Å². The molecule has 0 amide bonds. The number of benzene rings is 1. The van der Waals surface area contributed by atoms with Crippen LogP contribution < -0.4 is 0 Å². The Morgan fingerprint density at radius 3 is 2.71 bits per heavy atom. The van der Waals surface area contributed by atoms with E-state index in [0.717, 1.165) is 23.3 Å². The topological polar surface area (TPSA) is 17.1 Å². The van der Waals surface area contributed by atoms with Crippen LogP contribution in [0.5, 0.6) is 0 Å². The Bertz CT molecular complexity index is 385. The molecule has 1 aromatic rings. The lowest BCUT2D eigenvalue weighted by Crippen LogP contribution is -1.91. The van der Waals surface area contributed by atoms with Crippen LogP contribution in [-0.2, 0) is 10.8 Å². The van der Waals surface area contributed by atoms with Gasteiger partial charge >= 0.3 is 0 Å². The molecule has 1 atom stereocenters. The standard InChI is InChI=1S/C12H14OS/c1-3-4-5-8-11-9-6-7-10-12(11)14(2)13/h6-7,9-10H,3-4H2,1-2H3. The van der Waals surface area contributed by atoms with Gasteiger partial charge < -0.3 is 0 Å². The summed E-state index contributed by atoms with van der Waals surface area (Å²) in [7, 11) is -0.948. The van der Waals surface area contributed by atoms with E-state index in [2.05, 4.69) is 18.8 Å². The average Bonchev–Trinajstić information content (AvgIpc) is 2.19. The Balaban J connectivity index is 2.97. The van der Waals surface area contributed by atoms with E-state index in [1.807, 2.05) is 24.3 Å². The van der Waals surface area contributed by atoms with Crippen molar-refractivity contribution < 1.29 is 4.21 Å². The molecule has 1 unspecified atom stereocenters. The molecule has 74 valence electrons. The number of unbranched alkanes of at least 4 members (excludes halogenated alkanes) is 1. The van der Waals surface area contributed by atoms with E-state index >= 15 is 0 Å². The first-order valence-electron chi connectivity index (χ1n) is 4.67. The number of hydrogen-bond donors (Lipinski definition) is 0. The van der Waals surface area contributed by atoms with E-state index in [1.165, 1.54) is 0 Å². The van der Waals surface area contributed by atoms with Crippen molar-refractivity contribution in [2.45, 2.75) is 24.7 Å². The zero-order valence-corrected chi connectivity index (χ0v) is 9.36. The van der Waals surface area contributed by atoms with Crippen LogP contribution >= 0.6 is 0 Å². The van der Waals surface area contributed by atoms with E-state index in [9.17, 15) is 4.21 Å². The van der Waals surface area contributed by atoms with E-state index in [1.54, 1.807) is 6.26 Å². The normalized spacial score (nSPS) is 11.6. The predicted octanol–water partition coefficient (Wildman–Crippen LogP) is 2.58. The average molecular weight is 206 g/mol. The summed E-state index contributed by atoms with van der Waals surface area (Å²) >= 11 is 0. The van der Waals surface area contributed by atoms with Gasteiger partial charge in [0.05, 0.1) is 15.7 Å². The first-order valence-corrected chi connectivity index (χ1v) is 6.23. The van der Waals surface area contributed by atoms with Crippen molar-refractivity contribution in [3.63, 3.8) is 0 Å². The summed E-state index contributed by atoms with van der Waals surface area (Å²) in [5, 5.41) is 0. The third-order valence-electron chi connectivity index (χ3n) is 1.79. The van der Waals surface area contributed by atoms with Crippen molar-refractivity contribution in [2.24, 2.45) is 0 Å². The minimum atomic E-state index is -0.948. The third-order valence-corrected chi connectivity index (χ3v) is 2.77. The predicted molar refractivity (Wildman–Crippen MR) is 60.6 cm³/mol. The first kappa shape index (κ1) is 11.0. The molecule has 1 aromatic carbocycles. The Morgan fingerprint density at radius 2 is 2.07 bits per heavy atom. The van der Waals surface area contributed by atoms with E-state index in [4.69, 9.17) is 0 Å². The summed E-state index contributed by atoms with van der Waals surface area (Å²) in [6, 6.07) is 7.60. The summed E-state index contributed by atoms with van der Waals surface area (Å²) in [5.74, 6) is 6.11. The molecule has 0 aliphatic rings. The molecule has 0 saturated carbocycles. The number of rotatable bonds is 2. The molecule has 14 heavy (non-hydrogen) atoms. The van der Waals surface area contributed by atoms with Gasteiger partial charge in [-0.25, -0.2) is 0 Å². The van der Waals surface area contributed by atoms with Gasteiger partial charge in [-0.05, 0) is 18.6 Å². The second kappa shape index (κ2) is 5.62. The van der Waals surface area contributed by atoms with Crippen molar-refractivity contribution in [3.05, 3.63) is 29.8 Å². The van der Waals surface area contributed by atoms with Crippen LogP contribution in [0, 0.1) is 11.8 Å². The molecule has 2 heteroatoms. The lowest BCUT2D eigenvalue weighted by molar-refractivity contribution is 0.686.